The Bertz CT molecular complexity index is 1030. The van der Waals surface area contributed by atoms with Gasteiger partial charge in [-0.1, -0.05) is 5.16 Å². The Kier molecular flexibility index (Phi) is 4.27. The smallest absolute Gasteiger partial charge is 0.324 e. The first-order valence-electron chi connectivity index (χ1n) is 11.0. The van der Waals surface area contributed by atoms with Crippen LogP contribution < -0.4 is 15.5 Å². The van der Waals surface area contributed by atoms with E-state index < -0.39 is 11.8 Å². The summed E-state index contributed by atoms with van der Waals surface area (Å²) in [5.74, 6) is 1.01. The predicted molar refractivity (Wildman–Crippen MR) is 108 cm³/mol. The Morgan fingerprint density at radius 2 is 2.12 bits per heavy atom. The third-order valence-electron chi connectivity index (χ3n) is 7.44. The summed E-state index contributed by atoms with van der Waals surface area (Å²) >= 11 is 0. The van der Waals surface area contributed by atoms with Gasteiger partial charge in [-0.25, -0.2) is 13.6 Å². The minimum Gasteiger partial charge on any atom is -0.379 e. The predicted octanol–water partition coefficient (Wildman–Crippen LogP) is 2.44. The van der Waals surface area contributed by atoms with Gasteiger partial charge in [0.15, 0.2) is 11.6 Å². The van der Waals surface area contributed by atoms with Crippen LogP contribution >= 0.6 is 0 Å². The number of hydrogen-bond acceptors (Lipinski definition) is 7. The molecule has 1 saturated heterocycles. The number of carbonyl (C=O) groups is 1. The molecule has 4 fully saturated rings. The third kappa shape index (κ3) is 2.91. The van der Waals surface area contributed by atoms with E-state index in [0.717, 1.165) is 12.1 Å². The molecule has 1 unspecified atom stereocenters. The molecular weight excluding hydrogens is 424 g/mol. The minimum absolute atomic E-state index is 0.0185. The van der Waals surface area contributed by atoms with Gasteiger partial charge in [0, 0.05) is 30.0 Å². The molecule has 2 aliphatic heterocycles. The van der Waals surface area contributed by atoms with Gasteiger partial charge in [-0.05, 0) is 32.6 Å². The molecule has 0 spiro atoms. The standard InChI is InChI=1S/C20H25F2N7O3/c1-11-13-6-14(24-17(30)23-12-2-5-31-7-12)26-29(13)4-3-28(11)18-25-16(27-32-18)20-8-19(9-20,10-20)15(21)22/h6,11-12,15H,2-5,7-10H2,1H3,(H2,23,24,26,30)/t11?,12-,19?,20?/m1/s1. The van der Waals surface area contributed by atoms with E-state index >= 15 is 0 Å². The maximum absolute atomic E-state index is 13.1. The van der Waals surface area contributed by atoms with Crippen LogP contribution in [0, 0.1) is 5.41 Å². The second-order valence-electron chi connectivity index (χ2n) is 9.58. The molecule has 3 saturated carbocycles. The summed E-state index contributed by atoms with van der Waals surface area (Å²) in [4.78, 5) is 18.8. The maximum atomic E-state index is 13.1. The van der Waals surface area contributed by atoms with Crippen molar-refractivity contribution < 1.29 is 22.8 Å². The van der Waals surface area contributed by atoms with Crippen LogP contribution in [0.1, 0.15) is 50.2 Å². The summed E-state index contributed by atoms with van der Waals surface area (Å²) in [6.45, 7) is 4.38. The second kappa shape index (κ2) is 6.87. The fourth-order valence-electron chi connectivity index (χ4n) is 5.69. The lowest BCUT2D eigenvalue weighted by Gasteiger charge is -2.68. The van der Waals surface area contributed by atoms with Crippen molar-refractivity contribution in [3.8, 4) is 0 Å². The van der Waals surface area contributed by atoms with E-state index in [9.17, 15) is 13.6 Å². The molecule has 32 heavy (non-hydrogen) atoms. The topological polar surface area (TPSA) is 110 Å². The summed E-state index contributed by atoms with van der Waals surface area (Å²) in [6, 6.07) is 1.84. The van der Waals surface area contributed by atoms with Gasteiger partial charge >= 0.3 is 12.0 Å². The highest BCUT2D eigenvalue weighted by atomic mass is 19.3. The van der Waals surface area contributed by atoms with Crippen LogP contribution in [0.5, 0.6) is 0 Å². The quantitative estimate of drug-likeness (QED) is 0.721. The lowest BCUT2D eigenvalue weighted by molar-refractivity contribution is -0.225. The van der Waals surface area contributed by atoms with Gasteiger partial charge in [0.1, 0.15) is 0 Å². The van der Waals surface area contributed by atoms with E-state index in [1.165, 1.54) is 0 Å². The number of rotatable bonds is 5. The molecule has 12 heteroatoms. The van der Waals surface area contributed by atoms with Crippen molar-refractivity contribution in [3.05, 3.63) is 17.6 Å². The molecule has 3 aliphatic carbocycles. The van der Waals surface area contributed by atoms with Crippen molar-refractivity contribution in [2.75, 3.05) is 30.0 Å². The Labute approximate surface area is 182 Å². The molecule has 7 rings (SSSR count). The number of alkyl halides is 2. The van der Waals surface area contributed by atoms with E-state index in [0.29, 0.717) is 63.2 Å². The van der Waals surface area contributed by atoms with E-state index in [1.807, 2.05) is 22.6 Å². The van der Waals surface area contributed by atoms with Crippen LogP contribution in [0.3, 0.4) is 0 Å². The summed E-state index contributed by atoms with van der Waals surface area (Å²) in [7, 11) is 0. The molecule has 172 valence electrons. The van der Waals surface area contributed by atoms with Crippen molar-refractivity contribution in [2.45, 2.75) is 63.1 Å². The van der Waals surface area contributed by atoms with Crippen molar-refractivity contribution in [1.82, 2.24) is 25.2 Å². The number of nitrogens with one attached hydrogen (secondary N) is 2. The maximum Gasteiger partial charge on any atom is 0.324 e. The molecule has 2 aromatic heterocycles. The first kappa shape index (κ1) is 19.9. The van der Waals surface area contributed by atoms with E-state index in [1.54, 1.807) is 0 Å². The van der Waals surface area contributed by atoms with Crippen LogP contribution in [-0.2, 0) is 16.7 Å². The van der Waals surface area contributed by atoms with E-state index in [-0.39, 0.29) is 23.5 Å². The Balaban J connectivity index is 1.13. The molecule has 2 N–H and O–H groups in total. The zero-order valence-corrected chi connectivity index (χ0v) is 17.7. The number of aromatic nitrogens is 4. The zero-order valence-electron chi connectivity index (χ0n) is 17.7. The summed E-state index contributed by atoms with van der Waals surface area (Å²) < 4.78 is 38.9. The number of ether oxygens (including phenoxy) is 1. The first-order valence-corrected chi connectivity index (χ1v) is 11.0. The molecule has 2 atom stereocenters. The third-order valence-corrected chi connectivity index (χ3v) is 7.44. The summed E-state index contributed by atoms with van der Waals surface area (Å²) in [5, 5.41) is 14.3. The Morgan fingerprint density at radius 3 is 2.84 bits per heavy atom. The monoisotopic (exact) mass is 449 g/mol. The van der Waals surface area contributed by atoms with Crippen LogP contribution in [0.4, 0.5) is 25.4 Å². The fourth-order valence-corrected chi connectivity index (χ4v) is 5.69. The molecule has 0 radical (unpaired) electrons. The van der Waals surface area contributed by atoms with Crippen molar-refractivity contribution in [2.24, 2.45) is 5.41 Å². The average molecular weight is 449 g/mol. The Hall–Kier alpha value is -2.76. The summed E-state index contributed by atoms with van der Waals surface area (Å²) in [6.07, 6.45) is -0.181. The number of urea groups is 1. The van der Waals surface area contributed by atoms with Gasteiger partial charge in [0.2, 0.25) is 6.43 Å². The highest BCUT2D eigenvalue weighted by molar-refractivity contribution is 5.88. The van der Waals surface area contributed by atoms with Gasteiger partial charge in [0.25, 0.3) is 0 Å². The van der Waals surface area contributed by atoms with Crippen molar-refractivity contribution >= 4 is 17.9 Å². The lowest BCUT2D eigenvalue weighted by atomic mass is 9.35. The molecule has 0 aromatic carbocycles. The number of fused-ring (bicyclic) bond motifs is 1. The molecule has 4 heterocycles. The first-order chi connectivity index (χ1) is 15.4. The van der Waals surface area contributed by atoms with Gasteiger partial charge in [-0.3, -0.25) is 10.00 Å². The fraction of sp³-hybridized carbons (Fsp3) is 0.700. The highest BCUT2D eigenvalue weighted by Gasteiger charge is 2.74. The van der Waals surface area contributed by atoms with Crippen molar-refractivity contribution in [1.29, 1.82) is 0 Å². The van der Waals surface area contributed by atoms with Gasteiger partial charge in [-0.2, -0.15) is 10.1 Å². The number of hydrogen-bond donors (Lipinski definition) is 2. The number of carbonyl (C=O) groups excluding carboxylic acids is 1. The minimum atomic E-state index is -2.28. The van der Waals surface area contributed by atoms with Crippen molar-refractivity contribution in [3.63, 3.8) is 0 Å². The van der Waals surface area contributed by atoms with Crippen LogP contribution in [0.15, 0.2) is 10.6 Å². The number of amides is 2. The number of anilines is 2. The SMILES string of the molecule is CC1c2cc(NC(=O)N[C@@H]3CCOC3)nn2CCN1c1nc(C23CC(C(F)F)(C2)C3)no1. The van der Waals surface area contributed by atoms with E-state index in [4.69, 9.17) is 9.26 Å². The molecule has 2 amide bonds. The normalized spacial score (nSPS) is 32.9. The highest BCUT2D eigenvalue weighted by Crippen LogP contribution is 2.75. The number of halogens is 2. The van der Waals surface area contributed by atoms with Gasteiger partial charge in [-0.15, -0.1) is 0 Å². The van der Waals surface area contributed by atoms with E-state index in [2.05, 4.69) is 25.9 Å². The Morgan fingerprint density at radius 1 is 1.31 bits per heavy atom. The van der Waals surface area contributed by atoms with Crippen LogP contribution in [0.25, 0.3) is 0 Å². The second-order valence-corrected chi connectivity index (χ2v) is 9.58. The van der Waals surface area contributed by atoms with Gasteiger partial charge < -0.3 is 19.5 Å². The largest absolute Gasteiger partial charge is 0.379 e. The summed E-state index contributed by atoms with van der Waals surface area (Å²) in [5.41, 5.74) is -0.252. The van der Waals surface area contributed by atoms with Gasteiger partial charge in [0.05, 0.1) is 30.9 Å². The number of nitrogens with zero attached hydrogens (tertiary/aromatic N) is 5. The lowest BCUT2D eigenvalue weighted by Crippen LogP contribution is -2.68. The molecule has 2 bridgehead atoms. The molecule has 5 aliphatic rings. The van der Waals surface area contributed by atoms with Crippen LogP contribution in [-0.4, -0.2) is 58.2 Å². The van der Waals surface area contributed by atoms with Crippen LogP contribution in [0.2, 0.25) is 0 Å². The molecule has 10 nitrogen and oxygen atoms in total. The molecular formula is C20H25F2N7O3. The average Bonchev–Trinajstić information content (AvgIpc) is 3.41. The molecule has 2 aromatic rings. The zero-order chi connectivity index (χ0) is 22.1.